The molecule has 0 saturated carbocycles. The average Bonchev–Trinajstić information content (AvgIpc) is 3.27. The number of rotatable bonds is 4. The molecule has 0 radical (unpaired) electrons. The summed E-state index contributed by atoms with van der Waals surface area (Å²) in [5, 5.41) is 16.8. The van der Waals surface area contributed by atoms with Gasteiger partial charge in [-0.05, 0) is 41.6 Å². The van der Waals surface area contributed by atoms with Crippen molar-refractivity contribution in [2.24, 2.45) is 0 Å². The third-order valence-corrected chi connectivity index (χ3v) is 5.55. The largest absolute Gasteiger partial charge is 0.398 e. The van der Waals surface area contributed by atoms with Gasteiger partial charge in [0.25, 0.3) is 0 Å². The minimum absolute atomic E-state index is 0.118. The second kappa shape index (κ2) is 6.82. The summed E-state index contributed by atoms with van der Waals surface area (Å²) in [7, 11) is 0. The smallest absolute Gasteiger partial charge is 0.326 e. The molecule has 1 fully saturated rings. The van der Waals surface area contributed by atoms with E-state index in [4.69, 9.17) is 11.1 Å². The molecule has 4 nitrogen and oxygen atoms in total. The quantitative estimate of drug-likeness (QED) is 0.510. The number of nitrogens with zero attached hydrogens (tertiary/aromatic N) is 2. The predicted octanol–water partition coefficient (Wildman–Crippen LogP) is 2.46. The molecule has 5 heteroatoms. The van der Waals surface area contributed by atoms with E-state index >= 15 is 0 Å². The van der Waals surface area contributed by atoms with E-state index < -0.39 is 0 Å². The van der Waals surface area contributed by atoms with Crippen LogP contribution in [0, 0.1) is 16.6 Å². The summed E-state index contributed by atoms with van der Waals surface area (Å²) >= 11 is 0. The first kappa shape index (κ1) is 16.6. The van der Waals surface area contributed by atoms with Gasteiger partial charge < -0.3 is 11.1 Å². The summed E-state index contributed by atoms with van der Waals surface area (Å²) in [6, 6.07) is 14.3. The van der Waals surface area contributed by atoms with Crippen LogP contribution in [0.25, 0.3) is 5.57 Å². The van der Waals surface area contributed by atoms with Crippen LogP contribution in [0.4, 0.5) is 5.69 Å². The van der Waals surface area contributed by atoms with Gasteiger partial charge in [0.15, 0.2) is 0 Å². The van der Waals surface area contributed by atoms with Crippen LogP contribution in [0.1, 0.15) is 29.0 Å². The Morgan fingerprint density at radius 1 is 1.31 bits per heavy atom. The average molecular weight is 340 g/mol. The zero-order valence-electron chi connectivity index (χ0n) is 14.7. The maximum atomic E-state index is 9.41. The molecule has 2 heterocycles. The molecule has 128 valence electrons. The van der Waals surface area contributed by atoms with E-state index in [2.05, 4.69) is 35.0 Å². The van der Waals surface area contributed by atoms with E-state index in [-0.39, 0.29) is 6.71 Å². The van der Waals surface area contributed by atoms with Crippen LogP contribution in [-0.4, -0.2) is 37.5 Å². The maximum Gasteiger partial charge on any atom is 0.326 e. The third kappa shape index (κ3) is 2.93. The van der Waals surface area contributed by atoms with Gasteiger partial charge >= 0.3 is 6.71 Å². The van der Waals surface area contributed by atoms with Crippen LogP contribution < -0.4 is 11.2 Å². The number of nitrogens with two attached hydrogens (primary N) is 1. The summed E-state index contributed by atoms with van der Waals surface area (Å²) in [6.07, 6.45) is 2.41. The Morgan fingerprint density at radius 3 is 2.92 bits per heavy atom. The Bertz CT molecular complexity index is 928. The lowest BCUT2D eigenvalue weighted by Crippen LogP contribution is -2.25. The number of anilines is 1. The first-order valence-corrected chi connectivity index (χ1v) is 9.01. The topological polar surface area (TPSA) is 76.9 Å². The molecular weight excluding hydrogens is 319 g/mol. The summed E-state index contributed by atoms with van der Waals surface area (Å²) in [5.41, 5.74) is 12.4. The molecule has 4 rings (SSSR count). The third-order valence-electron chi connectivity index (χ3n) is 5.55. The molecule has 2 aromatic carbocycles. The number of hydrogen-bond acceptors (Lipinski definition) is 4. The van der Waals surface area contributed by atoms with Crippen LogP contribution in [-0.2, 0) is 0 Å². The minimum atomic E-state index is -0.118. The van der Waals surface area contributed by atoms with Gasteiger partial charge in [-0.2, -0.15) is 0 Å². The van der Waals surface area contributed by atoms with Crippen molar-refractivity contribution in [2.45, 2.75) is 12.3 Å². The molecule has 1 atom stereocenters. The van der Waals surface area contributed by atoms with E-state index in [1.165, 1.54) is 22.9 Å². The molecule has 3 N–H and O–H groups in total. The van der Waals surface area contributed by atoms with Gasteiger partial charge in [-0.25, -0.2) is 5.26 Å². The van der Waals surface area contributed by atoms with Crippen molar-refractivity contribution in [3.8, 4) is 5.97 Å². The summed E-state index contributed by atoms with van der Waals surface area (Å²) in [6.45, 7) is 2.82. The number of hydrogen-bond donors (Lipinski definition) is 2. The summed E-state index contributed by atoms with van der Waals surface area (Å²) in [4.78, 5) is 2.47. The first-order valence-electron chi connectivity index (χ1n) is 9.01. The van der Waals surface area contributed by atoms with Crippen LogP contribution >= 0.6 is 0 Å². The van der Waals surface area contributed by atoms with Gasteiger partial charge in [-0.15, -0.1) is 0 Å². The molecule has 1 unspecified atom stereocenters. The molecule has 0 bridgehead atoms. The highest BCUT2D eigenvalue weighted by molar-refractivity contribution is 6.87. The summed E-state index contributed by atoms with van der Waals surface area (Å²) in [5.74, 6) is 4.99. The lowest BCUT2D eigenvalue weighted by molar-refractivity contribution is 0.377. The van der Waals surface area contributed by atoms with Crippen molar-refractivity contribution < 1.29 is 0 Å². The number of fused-ring (bicyclic) bond motifs is 1. The van der Waals surface area contributed by atoms with E-state index in [0.29, 0.717) is 11.6 Å². The van der Waals surface area contributed by atoms with Crippen molar-refractivity contribution in [3.05, 3.63) is 65.1 Å². The van der Waals surface area contributed by atoms with Crippen LogP contribution in [0.15, 0.2) is 48.4 Å². The summed E-state index contributed by atoms with van der Waals surface area (Å²) < 4.78 is 0. The van der Waals surface area contributed by atoms with Crippen molar-refractivity contribution in [3.63, 3.8) is 0 Å². The maximum absolute atomic E-state index is 9.41. The zero-order chi connectivity index (χ0) is 18.1. The molecule has 2 aliphatic rings. The molecule has 26 heavy (non-hydrogen) atoms. The van der Waals surface area contributed by atoms with E-state index in [0.717, 1.165) is 37.1 Å². The van der Waals surface area contributed by atoms with E-state index in [9.17, 15) is 5.26 Å². The van der Waals surface area contributed by atoms with E-state index in [1.54, 1.807) is 0 Å². The van der Waals surface area contributed by atoms with E-state index in [1.807, 2.05) is 24.3 Å². The molecule has 0 amide bonds. The number of nitriles is 1. The van der Waals surface area contributed by atoms with Crippen molar-refractivity contribution in [1.29, 1.82) is 10.7 Å². The molecule has 1 saturated heterocycles. The van der Waals surface area contributed by atoms with Crippen LogP contribution in [0.2, 0.25) is 0 Å². The highest BCUT2D eigenvalue weighted by Crippen LogP contribution is 2.31. The monoisotopic (exact) mass is 340 g/mol. The lowest BCUT2D eigenvalue weighted by Gasteiger charge is -2.18. The fraction of sp³-hybridized carbons (Fsp3) is 0.238. The van der Waals surface area contributed by atoms with Gasteiger partial charge in [-0.3, -0.25) is 4.90 Å². The molecule has 0 aliphatic carbocycles. The molecule has 0 aromatic heterocycles. The van der Waals surface area contributed by atoms with Gasteiger partial charge in [0.2, 0.25) is 0 Å². The molecule has 2 aromatic rings. The van der Waals surface area contributed by atoms with Gasteiger partial charge in [-0.1, -0.05) is 47.8 Å². The highest BCUT2D eigenvalue weighted by Gasteiger charge is 2.30. The second-order valence-corrected chi connectivity index (χ2v) is 7.14. The second-order valence-electron chi connectivity index (χ2n) is 7.14. The van der Waals surface area contributed by atoms with Crippen LogP contribution in [0.5, 0.6) is 0 Å². The minimum Gasteiger partial charge on any atom is -0.398 e. The standard InChI is InChI=1S/C21H21BN4/c23-11-16-6-5-15(9-21(16)25)17-7-8-26(12-17)13-18-10-22(14-24)20-4-2-1-3-19(18)20/h1-6,9-11,17,23H,7-8,12-13,25H2. The molecule has 2 aliphatic heterocycles. The number of benzene rings is 2. The molecule has 0 spiro atoms. The lowest BCUT2D eigenvalue weighted by atomic mass is 9.48. The SMILES string of the molecule is N#CB1C=C(CN2CCC(c3ccc(C=N)c(N)c3)C2)c2ccccc21. The zero-order valence-corrected chi connectivity index (χ0v) is 14.7. The van der Waals surface area contributed by atoms with Gasteiger partial charge in [0, 0.05) is 36.5 Å². The predicted molar refractivity (Wildman–Crippen MR) is 108 cm³/mol. The van der Waals surface area contributed by atoms with Crippen LogP contribution in [0.3, 0.4) is 0 Å². The molecular formula is C21H21BN4. The van der Waals surface area contributed by atoms with Gasteiger partial charge in [0.05, 0.1) is 0 Å². The fourth-order valence-corrected chi connectivity index (χ4v) is 4.15. The Balaban J connectivity index is 1.48. The first-order chi connectivity index (χ1) is 12.7. The fourth-order valence-electron chi connectivity index (χ4n) is 4.15. The highest BCUT2D eigenvalue weighted by atomic mass is 15.1. The Labute approximate surface area is 154 Å². The Morgan fingerprint density at radius 2 is 2.15 bits per heavy atom. The normalized spacial score (nSPS) is 19.1. The van der Waals surface area contributed by atoms with Crippen molar-refractivity contribution in [2.75, 3.05) is 25.4 Å². The Hall–Kier alpha value is -2.84. The number of likely N-dealkylation sites (tertiary alicyclic amines) is 1. The number of nitrogens with one attached hydrogen (secondary N) is 1. The van der Waals surface area contributed by atoms with Gasteiger partial charge in [0.1, 0.15) is 0 Å². The van der Waals surface area contributed by atoms with Crippen molar-refractivity contribution >= 4 is 29.7 Å². The number of nitrogen functional groups attached to an aromatic ring is 1. The van der Waals surface area contributed by atoms with Crippen molar-refractivity contribution in [1.82, 2.24) is 4.90 Å². The Kier molecular flexibility index (Phi) is 4.36.